The van der Waals surface area contributed by atoms with Gasteiger partial charge in [0.25, 0.3) is 0 Å². The summed E-state index contributed by atoms with van der Waals surface area (Å²) in [6.07, 6.45) is 5.11. The van der Waals surface area contributed by atoms with E-state index in [0.717, 1.165) is 4.91 Å². The smallest absolute Gasteiger partial charge is 0.343 e. The van der Waals surface area contributed by atoms with E-state index < -0.39 is 0 Å². The molecular weight excluding hydrogens is 184 g/mol. The molecule has 0 aromatic rings. The second-order valence-corrected chi connectivity index (χ2v) is 4.87. The highest BCUT2D eigenvalue weighted by atomic mass is 32.2. The standard InChI is InChI=1S/C10H16O2S/c1-10(2)6-7(10)5-8(13-4)9(11)12-3/h5,7H,6H2,1-4H3. The summed E-state index contributed by atoms with van der Waals surface area (Å²) < 4.78 is 4.67. The Hall–Kier alpha value is -0.440. The third kappa shape index (κ3) is 2.50. The van der Waals surface area contributed by atoms with Crippen molar-refractivity contribution in [3.05, 3.63) is 11.0 Å². The number of thioether (sulfide) groups is 1. The maximum atomic E-state index is 11.2. The summed E-state index contributed by atoms with van der Waals surface area (Å²) >= 11 is 1.46. The van der Waals surface area contributed by atoms with Crippen LogP contribution in [0.3, 0.4) is 0 Å². The van der Waals surface area contributed by atoms with Crippen molar-refractivity contribution in [3.8, 4) is 0 Å². The first-order valence-electron chi connectivity index (χ1n) is 4.35. The number of rotatable bonds is 3. The Morgan fingerprint density at radius 3 is 2.46 bits per heavy atom. The van der Waals surface area contributed by atoms with Crippen LogP contribution in [-0.4, -0.2) is 19.3 Å². The maximum Gasteiger partial charge on any atom is 0.343 e. The number of allylic oxidation sites excluding steroid dienone is 1. The molecule has 1 unspecified atom stereocenters. The molecular formula is C10H16O2S. The Morgan fingerprint density at radius 1 is 1.62 bits per heavy atom. The molecule has 1 rings (SSSR count). The first kappa shape index (κ1) is 10.6. The number of methoxy groups -OCH3 is 1. The number of esters is 1. The van der Waals surface area contributed by atoms with Crippen molar-refractivity contribution in [2.45, 2.75) is 20.3 Å². The van der Waals surface area contributed by atoms with E-state index in [1.807, 2.05) is 12.3 Å². The van der Waals surface area contributed by atoms with E-state index in [-0.39, 0.29) is 5.97 Å². The summed E-state index contributed by atoms with van der Waals surface area (Å²) in [4.78, 5) is 11.9. The highest BCUT2D eigenvalue weighted by molar-refractivity contribution is 8.03. The van der Waals surface area contributed by atoms with E-state index >= 15 is 0 Å². The van der Waals surface area contributed by atoms with E-state index in [1.165, 1.54) is 25.3 Å². The third-order valence-corrected chi connectivity index (χ3v) is 3.29. The van der Waals surface area contributed by atoms with Gasteiger partial charge < -0.3 is 4.74 Å². The van der Waals surface area contributed by atoms with Crippen LogP contribution >= 0.6 is 11.8 Å². The minimum atomic E-state index is -0.213. The van der Waals surface area contributed by atoms with Crippen molar-refractivity contribution in [2.75, 3.05) is 13.4 Å². The van der Waals surface area contributed by atoms with E-state index in [9.17, 15) is 4.79 Å². The fraction of sp³-hybridized carbons (Fsp3) is 0.700. The zero-order valence-electron chi connectivity index (χ0n) is 8.59. The van der Waals surface area contributed by atoms with Gasteiger partial charge in [0.2, 0.25) is 0 Å². The molecule has 0 aromatic heterocycles. The Kier molecular flexibility index (Phi) is 3.06. The van der Waals surface area contributed by atoms with Gasteiger partial charge in [0.15, 0.2) is 0 Å². The van der Waals surface area contributed by atoms with Gasteiger partial charge in [-0.05, 0) is 24.0 Å². The minimum Gasteiger partial charge on any atom is -0.465 e. The Balaban J connectivity index is 2.62. The van der Waals surface area contributed by atoms with E-state index in [0.29, 0.717) is 11.3 Å². The molecule has 1 atom stereocenters. The molecule has 1 aliphatic rings. The van der Waals surface area contributed by atoms with Crippen LogP contribution in [0, 0.1) is 11.3 Å². The van der Waals surface area contributed by atoms with Crippen molar-refractivity contribution >= 4 is 17.7 Å². The Morgan fingerprint density at radius 2 is 2.15 bits per heavy atom. The topological polar surface area (TPSA) is 26.3 Å². The van der Waals surface area contributed by atoms with E-state index in [4.69, 9.17) is 0 Å². The van der Waals surface area contributed by atoms with Crippen molar-refractivity contribution in [1.82, 2.24) is 0 Å². The normalized spacial score (nSPS) is 25.5. The summed E-state index contributed by atoms with van der Waals surface area (Å²) in [6.45, 7) is 4.42. The van der Waals surface area contributed by atoms with Crippen LogP contribution < -0.4 is 0 Å². The van der Waals surface area contributed by atoms with Gasteiger partial charge in [-0.15, -0.1) is 11.8 Å². The number of carbonyl (C=O) groups is 1. The molecule has 0 saturated heterocycles. The molecule has 1 saturated carbocycles. The zero-order chi connectivity index (χ0) is 10.1. The summed E-state index contributed by atoms with van der Waals surface area (Å²) in [5.41, 5.74) is 0.384. The van der Waals surface area contributed by atoms with Crippen molar-refractivity contribution < 1.29 is 9.53 Å². The summed E-state index contributed by atoms with van der Waals surface area (Å²) in [6, 6.07) is 0. The van der Waals surface area contributed by atoms with Crippen LogP contribution in [-0.2, 0) is 9.53 Å². The molecule has 0 spiro atoms. The average Bonchev–Trinajstić information content (AvgIpc) is 2.68. The second kappa shape index (κ2) is 3.74. The van der Waals surface area contributed by atoms with Crippen LogP contribution in [0.25, 0.3) is 0 Å². The van der Waals surface area contributed by atoms with Crippen LogP contribution in [0.4, 0.5) is 0 Å². The SMILES string of the molecule is COC(=O)C(=CC1CC1(C)C)SC. The van der Waals surface area contributed by atoms with Crippen LogP contribution in [0.5, 0.6) is 0 Å². The van der Waals surface area contributed by atoms with Gasteiger partial charge >= 0.3 is 5.97 Å². The molecule has 1 aliphatic carbocycles. The van der Waals surface area contributed by atoms with Gasteiger partial charge in [0.1, 0.15) is 0 Å². The molecule has 0 N–H and O–H groups in total. The van der Waals surface area contributed by atoms with Gasteiger partial charge in [-0.3, -0.25) is 0 Å². The number of carbonyl (C=O) groups excluding carboxylic acids is 1. The molecule has 1 fully saturated rings. The molecule has 0 heterocycles. The lowest BCUT2D eigenvalue weighted by Crippen LogP contribution is -2.02. The first-order valence-corrected chi connectivity index (χ1v) is 5.58. The summed E-state index contributed by atoms with van der Waals surface area (Å²) in [5.74, 6) is 0.337. The van der Waals surface area contributed by atoms with Gasteiger partial charge in [-0.25, -0.2) is 4.79 Å². The highest BCUT2D eigenvalue weighted by Gasteiger charge is 2.44. The van der Waals surface area contributed by atoms with Crippen LogP contribution in [0.2, 0.25) is 0 Å². The quantitative estimate of drug-likeness (QED) is 0.517. The number of hydrogen-bond donors (Lipinski definition) is 0. The molecule has 0 aromatic carbocycles. The highest BCUT2D eigenvalue weighted by Crippen LogP contribution is 2.53. The minimum absolute atomic E-state index is 0.213. The number of hydrogen-bond acceptors (Lipinski definition) is 3. The molecule has 0 bridgehead atoms. The zero-order valence-corrected chi connectivity index (χ0v) is 9.40. The molecule has 3 heteroatoms. The fourth-order valence-corrected chi connectivity index (χ4v) is 1.85. The lowest BCUT2D eigenvalue weighted by Gasteiger charge is -2.02. The van der Waals surface area contributed by atoms with E-state index in [2.05, 4.69) is 18.6 Å². The third-order valence-electron chi connectivity index (χ3n) is 2.55. The average molecular weight is 200 g/mol. The molecule has 0 amide bonds. The largest absolute Gasteiger partial charge is 0.465 e. The first-order chi connectivity index (χ1) is 6.01. The van der Waals surface area contributed by atoms with Gasteiger partial charge in [0, 0.05) is 0 Å². The van der Waals surface area contributed by atoms with Crippen molar-refractivity contribution in [3.63, 3.8) is 0 Å². The lowest BCUT2D eigenvalue weighted by atomic mass is 10.1. The Bertz CT molecular complexity index is 243. The maximum absolute atomic E-state index is 11.2. The predicted molar refractivity (Wildman–Crippen MR) is 55.5 cm³/mol. The molecule has 0 radical (unpaired) electrons. The van der Waals surface area contributed by atoms with Crippen molar-refractivity contribution in [2.24, 2.45) is 11.3 Å². The van der Waals surface area contributed by atoms with Gasteiger partial charge in [0.05, 0.1) is 12.0 Å². The van der Waals surface area contributed by atoms with Gasteiger partial charge in [-0.1, -0.05) is 19.9 Å². The monoisotopic (exact) mass is 200 g/mol. The lowest BCUT2D eigenvalue weighted by molar-refractivity contribution is -0.135. The van der Waals surface area contributed by atoms with Crippen LogP contribution in [0.15, 0.2) is 11.0 Å². The van der Waals surface area contributed by atoms with Crippen molar-refractivity contribution in [1.29, 1.82) is 0 Å². The Labute approximate surface area is 83.7 Å². The summed E-state index contributed by atoms with van der Waals surface area (Å²) in [5, 5.41) is 0. The van der Waals surface area contributed by atoms with Crippen LogP contribution in [0.1, 0.15) is 20.3 Å². The molecule has 13 heavy (non-hydrogen) atoms. The van der Waals surface area contributed by atoms with E-state index in [1.54, 1.807) is 0 Å². The predicted octanol–water partition coefficient (Wildman–Crippen LogP) is 2.45. The van der Waals surface area contributed by atoms with Gasteiger partial charge in [-0.2, -0.15) is 0 Å². The fourth-order valence-electron chi connectivity index (χ4n) is 1.30. The summed E-state index contributed by atoms with van der Waals surface area (Å²) in [7, 11) is 1.42. The molecule has 2 nitrogen and oxygen atoms in total. The molecule has 74 valence electrons. The second-order valence-electron chi connectivity index (χ2n) is 4.03. The number of ether oxygens (including phenoxy) is 1. The molecule has 0 aliphatic heterocycles.